The minimum Gasteiger partial charge on any atom is -0.479 e. The number of carboxylic acid groups (broad SMARTS) is 1. The van der Waals surface area contributed by atoms with Gasteiger partial charge in [-0.05, 0) is 13.8 Å². The second kappa shape index (κ2) is 8.30. The molecular formula is C11H21N3O5. The van der Waals surface area contributed by atoms with Crippen LogP contribution in [0.5, 0.6) is 0 Å². The largest absolute Gasteiger partial charge is 0.479 e. The lowest BCUT2D eigenvalue weighted by molar-refractivity contribution is -0.146. The summed E-state index contributed by atoms with van der Waals surface area (Å²) >= 11 is 0. The van der Waals surface area contributed by atoms with Gasteiger partial charge in [-0.15, -0.1) is 0 Å². The van der Waals surface area contributed by atoms with Crippen molar-refractivity contribution < 1.29 is 24.6 Å². The lowest BCUT2D eigenvalue weighted by atomic mass is 10.3. The summed E-state index contributed by atoms with van der Waals surface area (Å²) in [4.78, 5) is 36.3. The summed E-state index contributed by atoms with van der Waals surface area (Å²) < 4.78 is 0. The van der Waals surface area contributed by atoms with Gasteiger partial charge in [0, 0.05) is 20.1 Å². The van der Waals surface area contributed by atoms with Gasteiger partial charge in [0.25, 0.3) is 0 Å². The fourth-order valence-corrected chi connectivity index (χ4v) is 1.36. The Labute approximate surface area is 112 Å². The molecule has 0 aromatic carbocycles. The molecule has 0 aliphatic carbocycles. The molecule has 0 spiro atoms. The number of nitrogens with one attached hydrogen (secondary N) is 1. The third-order valence-corrected chi connectivity index (χ3v) is 2.57. The van der Waals surface area contributed by atoms with E-state index in [0.717, 1.165) is 4.90 Å². The zero-order valence-corrected chi connectivity index (χ0v) is 11.4. The van der Waals surface area contributed by atoms with Crippen molar-refractivity contribution in [3.63, 3.8) is 0 Å². The van der Waals surface area contributed by atoms with Crippen LogP contribution in [0.15, 0.2) is 0 Å². The molecule has 0 rings (SSSR count). The molecule has 0 bridgehead atoms. The van der Waals surface area contributed by atoms with E-state index in [1.807, 2.05) is 13.8 Å². The Bertz CT molecular complexity index is 330. The first kappa shape index (κ1) is 17.2. The maximum atomic E-state index is 11.7. The number of likely N-dealkylation sites (N-methyl/N-ethyl adjacent to an activating group) is 2. The van der Waals surface area contributed by atoms with Crippen molar-refractivity contribution >= 4 is 17.9 Å². The van der Waals surface area contributed by atoms with Gasteiger partial charge in [0.2, 0.25) is 5.91 Å². The number of amides is 3. The van der Waals surface area contributed by atoms with Crippen LogP contribution in [0.4, 0.5) is 4.79 Å². The van der Waals surface area contributed by atoms with Crippen LogP contribution in [-0.4, -0.2) is 77.3 Å². The van der Waals surface area contributed by atoms with E-state index >= 15 is 0 Å². The van der Waals surface area contributed by atoms with E-state index in [0.29, 0.717) is 13.1 Å². The minimum atomic E-state index is -1.66. The van der Waals surface area contributed by atoms with Gasteiger partial charge in [0.1, 0.15) is 6.54 Å². The average molecular weight is 275 g/mol. The maximum Gasteiger partial charge on any atom is 0.334 e. The normalized spacial score (nSPS) is 11.6. The highest BCUT2D eigenvalue weighted by Crippen LogP contribution is 1.93. The number of hydrogen-bond donors (Lipinski definition) is 3. The highest BCUT2D eigenvalue weighted by molar-refractivity contribution is 5.84. The molecule has 3 N–H and O–H groups in total. The molecule has 8 heteroatoms. The SMILES string of the molecule is CCN(CC)C(=O)CN(C)C(=O)NC[C@H](O)C(=O)O. The van der Waals surface area contributed by atoms with E-state index < -0.39 is 24.6 Å². The summed E-state index contributed by atoms with van der Waals surface area (Å²) in [6, 6.07) is -0.610. The number of aliphatic carboxylic acids is 1. The highest BCUT2D eigenvalue weighted by atomic mass is 16.4. The summed E-state index contributed by atoms with van der Waals surface area (Å²) in [5, 5.41) is 19.7. The molecule has 3 amide bonds. The summed E-state index contributed by atoms with van der Waals surface area (Å²) in [6.07, 6.45) is -1.66. The van der Waals surface area contributed by atoms with E-state index in [4.69, 9.17) is 10.2 Å². The van der Waals surface area contributed by atoms with Gasteiger partial charge in [-0.1, -0.05) is 0 Å². The fourth-order valence-electron chi connectivity index (χ4n) is 1.36. The van der Waals surface area contributed by atoms with Crippen molar-refractivity contribution in [3.8, 4) is 0 Å². The lowest BCUT2D eigenvalue weighted by Crippen LogP contribution is -2.47. The predicted molar refractivity (Wildman–Crippen MR) is 67.6 cm³/mol. The van der Waals surface area contributed by atoms with E-state index in [1.54, 1.807) is 4.90 Å². The molecule has 19 heavy (non-hydrogen) atoms. The summed E-state index contributed by atoms with van der Waals surface area (Å²) in [6.45, 7) is 4.29. The van der Waals surface area contributed by atoms with E-state index in [1.165, 1.54) is 7.05 Å². The zero-order valence-electron chi connectivity index (χ0n) is 11.4. The lowest BCUT2D eigenvalue weighted by Gasteiger charge is -2.23. The summed E-state index contributed by atoms with van der Waals surface area (Å²) in [7, 11) is 1.42. The zero-order chi connectivity index (χ0) is 15.0. The average Bonchev–Trinajstić information content (AvgIpc) is 2.36. The van der Waals surface area contributed by atoms with Crippen molar-refractivity contribution in [2.24, 2.45) is 0 Å². The topological polar surface area (TPSA) is 110 Å². The smallest absolute Gasteiger partial charge is 0.334 e. The molecule has 0 aliphatic rings. The molecule has 0 fully saturated rings. The maximum absolute atomic E-state index is 11.7. The van der Waals surface area contributed by atoms with Gasteiger partial charge in [-0.25, -0.2) is 9.59 Å². The molecule has 0 radical (unpaired) electrons. The molecule has 0 saturated heterocycles. The molecule has 0 unspecified atom stereocenters. The van der Waals surface area contributed by atoms with Crippen molar-refractivity contribution in [1.29, 1.82) is 0 Å². The quantitative estimate of drug-likeness (QED) is 0.548. The first-order chi connectivity index (χ1) is 8.83. The van der Waals surface area contributed by atoms with Gasteiger partial charge in [-0.3, -0.25) is 4.79 Å². The number of rotatable bonds is 7. The number of carbonyl (C=O) groups excluding carboxylic acids is 2. The molecule has 0 heterocycles. The highest BCUT2D eigenvalue weighted by Gasteiger charge is 2.18. The molecule has 0 saturated carbocycles. The Morgan fingerprint density at radius 1 is 1.21 bits per heavy atom. The Morgan fingerprint density at radius 2 is 1.74 bits per heavy atom. The molecule has 110 valence electrons. The van der Waals surface area contributed by atoms with Gasteiger partial charge >= 0.3 is 12.0 Å². The Morgan fingerprint density at radius 3 is 2.16 bits per heavy atom. The third kappa shape index (κ3) is 6.05. The number of nitrogens with zero attached hydrogens (tertiary/aromatic N) is 2. The number of carbonyl (C=O) groups is 3. The van der Waals surface area contributed by atoms with Crippen molar-refractivity contribution in [2.45, 2.75) is 20.0 Å². The van der Waals surface area contributed by atoms with Crippen LogP contribution >= 0.6 is 0 Å². The van der Waals surface area contributed by atoms with Crippen LogP contribution in [-0.2, 0) is 9.59 Å². The van der Waals surface area contributed by atoms with E-state index in [-0.39, 0.29) is 12.5 Å². The van der Waals surface area contributed by atoms with Gasteiger partial charge < -0.3 is 25.3 Å². The van der Waals surface area contributed by atoms with E-state index in [2.05, 4.69) is 5.32 Å². The Kier molecular flexibility index (Phi) is 7.50. The minimum absolute atomic E-state index is 0.101. The number of carboxylic acids is 1. The second-order valence-electron chi connectivity index (χ2n) is 3.96. The van der Waals surface area contributed by atoms with Crippen LogP contribution in [0.3, 0.4) is 0 Å². The number of hydrogen-bond acceptors (Lipinski definition) is 4. The van der Waals surface area contributed by atoms with Gasteiger partial charge in [0.15, 0.2) is 6.10 Å². The van der Waals surface area contributed by atoms with Crippen LogP contribution in [0, 0.1) is 0 Å². The first-order valence-electron chi connectivity index (χ1n) is 6.01. The van der Waals surface area contributed by atoms with Crippen LogP contribution < -0.4 is 5.32 Å². The van der Waals surface area contributed by atoms with Crippen molar-refractivity contribution in [2.75, 3.05) is 33.2 Å². The summed E-state index contributed by atoms with van der Waals surface area (Å²) in [5.74, 6) is -1.61. The standard InChI is InChI=1S/C11H21N3O5/c1-4-14(5-2)9(16)7-13(3)11(19)12-6-8(15)10(17)18/h8,15H,4-7H2,1-3H3,(H,12,19)(H,17,18)/t8-/m0/s1. The van der Waals surface area contributed by atoms with E-state index in [9.17, 15) is 14.4 Å². The molecule has 0 aromatic rings. The molecule has 8 nitrogen and oxygen atoms in total. The number of aliphatic hydroxyl groups is 1. The van der Waals surface area contributed by atoms with Gasteiger partial charge in [-0.2, -0.15) is 0 Å². The molecular weight excluding hydrogens is 254 g/mol. The Hall–Kier alpha value is -1.83. The summed E-state index contributed by atoms with van der Waals surface area (Å²) in [5.41, 5.74) is 0. The van der Waals surface area contributed by atoms with Crippen molar-refractivity contribution in [3.05, 3.63) is 0 Å². The third-order valence-electron chi connectivity index (χ3n) is 2.57. The second-order valence-corrected chi connectivity index (χ2v) is 3.96. The molecule has 0 aromatic heterocycles. The number of aliphatic hydroxyl groups excluding tert-OH is 1. The fraction of sp³-hybridized carbons (Fsp3) is 0.727. The molecule has 1 atom stereocenters. The predicted octanol–water partition coefficient (Wildman–Crippen LogP) is -1.06. The van der Waals surface area contributed by atoms with Crippen LogP contribution in [0.2, 0.25) is 0 Å². The van der Waals surface area contributed by atoms with Crippen LogP contribution in [0.1, 0.15) is 13.8 Å². The number of urea groups is 1. The van der Waals surface area contributed by atoms with Crippen molar-refractivity contribution in [1.82, 2.24) is 15.1 Å². The monoisotopic (exact) mass is 275 g/mol. The van der Waals surface area contributed by atoms with Crippen LogP contribution in [0.25, 0.3) is 0 Å². The Balaban J connectivity index is 4.20. The van der Waals surface area contributed by atoms with Gasteiger partial charge in [0.05, 0.1) is 6.54 Å². The molecule has 0 aliphatic heterocycles. The first-order valence-corrected chi connectivity index (χ1v) is 6.01.